The number of nitrogens with zero attached hydrogens (tertiary/aromatic N) is 11. The van der Waals surface area contributed by atoms with Crippen LogP contribution in [0.4, 0.5) is 0 Å². The van der Waals surface area contributed by atoms with E-state index in [2.05, 4.69) is 48.5 Å². The van der Waals surface area contributed by atoms with Gasteiger partial charge in [-0.25, -0.2) is 24.9 Å². The standard InChI is InChI=1S/C15H6N12S3/c1-7-13(18-4-17-7)23-14(16-1)11-9(6-2-20-30-26-6)22-12(15-25-19-5-28-15)10(21-11)8-3-29-27-24-8/h1-5H,(H,16,17,18,23). The van der Waals surface area contributed by atoms with Crippen molar-refractivity contribution in [2.75, 3.05) is 0 Å². The molecule has 6 aromatic heterocycles. The van der Waals surface area contributed by atoms with E-state index >= 15 is 0 Å². The van der Waals surface area contributed by atoms with E-state index in [1.54, 1.807) is 29.6 Å². The van der Waals surface area contributed by atoms with Gasteiger partial charge in [-0.1, -0.05) is 15.8 Å². The van der Waals surface area contributed by atoms with E-state index in [9.17, 15) is 0 Å². The molecule has 0 saturated carbocycles. The van der Waals surface area contributed by atoms with Crippen molar-refractivity contribution >= 4 is 45.8 Å². The van der Waals surface area contributed by atoms with Crippen LogP contribution in [-0.2, 0) is 0 Å². The molecule has 0 aliphatic carbocycles. The Morgan fingerprint density at radius 2 is 1.80 bits per heavy atom. The van der Waals surface area contributed by atoms with Gasteiger partial charge in [0.1, 0.15) is 45.2 Å². The summed E-state index contributed by atoms with van der Waals surface area (Å²) in [6, 6.07) is 0. The van der Waals surface area contributed by atoms with E-state index in [-0.39, 0.29) is 0 Å². The molecule has 0 aliphatic rings. The summed E-state index contributed by atoms with van der Waals surface area (Å²) >= 11 is 3.64. The summed E-state index contributed by atoms with van der Waals surface area (Å²) < 4.78 is 12.4. The summed E-state index contributed by atoms with van der Waals surface area (Å²) in [5, 5.41) is 14.6. The Balaban J connectivity index is 1.67. The minimum Gasteiger partial charge on any atom is -0.342 e. The van der Waals surface area contributed by atoms with Crippen molar-refractivity contribution in [3.05, 3.63) is 29.6 Å². The molecule has 144 valence electrons. The number of hydrogen-bond donors (Lipinski definition) is 1. The summed E-state index contributed by atoms with van der Waals surface area (Å²) in [5.74, 6) is 0.360. The monoisotopic (exact) mass is 450 g/mol. The highest BCUT2D eigenvalue weighted by Gasteiger charge is 2.24. The van der Waals surface area contributed by atoms with Crippen molar-refractivity contribution < 1.29 is 0 Å². The van der Waals surface area contributed by atoms with Crippen LogP contribution in [0.2, 0.25) is 0 Å². The van der Waals surface area contributed by atoms with E-state index < -0.39 is 0 Å². The van der Waals surface area contributed by atoms with Crippen LogP contribution in [0.25, 0.3) is 56.2 Å². The molecular weight excluding hydrogens is 444 g/mol. The maximum atomic E-state index is 4.84. The first kappa shape index (κ1) is 17.2. The number of aromatic nitrogens is 12. The molecule has 0 aromatic carbocycles. The SMILES string of the molecule is c1nc2nc(-c3nc(-c4csnn4)c(-c4nncs4)nc3-c3cnsn3)ncc2[nH]1. The van der Waals surface area contributed by atoms with Crippen molar-refractivity contribution in [1.82, 2.24) is 58.4 Å². The summed E-state index contributed by atoms with van der Waals surface area (Å²) in [7, 11) is 0. The fourth-order valence-electron chi connectivity index (χ4n) is 2.76. The van der Waals surface area contributed by atoms with E-state index in [0.717, 1.165) is 17.2 Å². The van der Waals surface area contributed by atoms with Gasteiger partial charge in [0.15, 0.2) is 16.5 Å². The average molecular weight is 450 g/mol. The van der Waals surface area contributed by atoms with Crippen LogP contribution in [0.5, 0.6) is 0 Å². The highest BCUT2D eigenvalue weighted by atomic mass is 32.1. The molecule has 0 atom stereocenters. The minimum atomic E-state index is 0.360. The predicted octanol–water partition coefficient (Wildman–Crippen LogP) is 2.37. The molecule has 0 spiro atoms. The van der Waals surface area contributed by atoms with Crippen LogP contribution in [0.1, 0.15) is 0 Å². The van der Waals surface area contributed by atoms with Crippen LogP contribution in [0, 0.1) is 0 Å². The first-order valence-corrected chi connectivity index (χ1v) is 10.7. The third kappa shape index (κ3) is 2.83. The first-order chi connectivity index (χ1) is 14.9. The maximum absolute atomic E-state index is 4.84. The van der Waals surface area contributed by atoms with Gasteiger partial charge in [0.05, 0.1) is 30.4 Å². The Labute approximate surface area is 178 Å². The smallest absolute Gasteiger partial charge is 0.182 e. The van der Waals surface area contributed by atoms with Gasteiger partial charge in [0.2, 0.25) is 0 Å². The van der Waals surface area contributed by atoms with Gasteiger partial charge < -0.3 is 4.98 Å². The van der Waals surface area contributed by atoms with Crippen LogP contribution in [0.15, 0.2) is 29.6 Å². The molecule has 30 heavy (non-hydrogen) atoms. The van der Waals surface area contributed by atoms with Crippen LogP contribution >= 0.6 is 34.6 Å². The second-order valence-electron chi connectivity index (χ2n) is 5.78. The largest absolute Gasteiger partial charge is 0.342 e. The normalized spacial score (nSPS) is 11.3. The van der Waals surface area contributed by atoms with Crippen molar-refractivity contribution in [2.45, 2.75) is 0 Å². The zero-order valence-corrected chi connectivity index (χ0v) is 17.0. The van der Waals surface area contributed by atoms with Gasteiger partial charge in [-0.15, -0.1) is 15.3 Å². The van der Waals surface area contributed by atoms with Gasteiger partial charge in [-0.3, -0.25) is 0 Å². The van der Waals surface area contributed by atoms with Crippen molar-refractivity contribution in [3.8, 4) is 45.0 Å². The van der Waals surface area contributed by atoms with Gasteiger partial charge >= 0.3 is 0 Å². The van der Waals surface area contributed by atoms with Crippen molar-refractivity contribution in [2.24, 2.45) is 0 Å². The second kappa shape index (κ2) is 6.97. The molecular formula is C15H6N12S3. The second-order valence-corrected chi connectivity index (χ2v) is 7.78. The first-order valence-electron chi connectivity index (χ1n) is 8.27. The van der Waals surface area contributed by atoms with Gasteiger partial charge in [-0.05, 0) is 11.5 Å². The third-order valence-electron chi connectivity index (χ3n) is 4.05. The van der Waals surface area contributed by atoms with Gasteiger partial charge in [0.25, 0.3) is 0 Å². The summed E-state index contributed by atoms with van der Waals surface area (Å²) in [5.41, 5.74) is 5.95. The highest BCUT2D eigenvalue weighted by molar-refractivity contribution is 7.12. The number of nitrogens with one attached hydrogen (secondary N) is 1. The molecule has 6 rings (SSSR count). The molecule has 15 heteroatoms. The van der Waals surface area contributed by atoms with E-state index in [0.29, 0.717) is 50.6 Å². The van der Waals surface area contributed by atoms with Gasteiger partial charge in [0, 0.05) is 5.38 Å². The number of hydrogen-bond acceptors (Lipinski definition) is 14. The van der Waals surface area contributed by atoms with Crippen LogP contribution < -0.4 is 0 Å². The number of H-pyrrole nitrogens is 1. The molecule has 6 heterocycles. The summed E-state index contributed by atoms with van der Waals surface area (Å²) in [6.45, 7) is 0. The highest BCUT2D eigenvalue weighted by Crippen LogP contribution is 2.35. The molecule has 1 N–H and O–H groups in total. The lowest BCUT2D eigenvalue weighted by Crippen LogP contribution is -2.03. The Morgan fingerprint density at radius 3 is 2.60 bits per heavy atom. The Bertz CT molecular complexity index is 1440. The lowest BCUT2D eigenvalue weighted by molar-refractivity contribution is 1.07. The lowest BCUT2D eigenvalue weighted by Gasteiger charge is -2.10. The Morgan fingerprint density at radius 1 is 0.867 bits per heavy atom. The number of fused-ring (bicyclic) bond motifs is 1. The Kier molecular flexibility index (Phi) is 4.00. The number of aromatic amines is 1. The van der Waals surface area contributed by atoms with E-state index in [1.165, 1.54) is 22.9 Å². The van der Waals surface area contributed by atoms with E-state index in [4.69, 9.17) is 9.97 Å². The molecule has 12 nitrogen and oxygen atoms in total. The van der Waals surface area contributed by atoms with Crippen LogP contribution in [0.3, 0.4) is 0 Å². The zero-order valence-electron chi connectivity index (χ0n) is 14.5. The van der Waals surface area contributed by atoms with Crippen molar-refractivity contribution in [1.29, 1.82) is 0 Å². The quantitative estimate of drug-likeness (QED) is 0.420. The minimum absolute atomic E-state index is 0.360. The molecule has 0 saturated heterocycles. The fourth-order valence-corrected chi connectivity index (χ4v) is 4.16. The zero-order chi connectivity index (χ0) is 19.9. The number of imidazole rings is 1. The molecule has 0 unspecified atom stereocenters. The van der Waals surface area contributed by atoms with Crippen LogP contribution in [-0.4, -0.2) is 58.4 Å². The number of rotatable bonds is 4. The van der Waals surface area contributed by atoms with Crippen molar-refractivity contribution in [3.63, 3.8) is 0 Å². The molecule has 0 aliphatic heterocycles. The molecule has 6 aromatic rings. The lowest BCUT2D eigenvalue weighted by atomic mass is 10.1. The molecule has 0 bridgehead atoms. The average Bonchev–Trinajstić information content (AvgIpc) is 3.59. The fraction of sp³-hybridized carbons (Fsp3) is 0. The van der Waals surface area contributed by atoms with Gasteiger partial charge in [-0.2, -0.15) is 8.75 Å². The summed E-state index contributed by atoms with van der Waals surface area (Å²) in [6.07, 6.45) is 4.84. The third-order valence-corrected chi connectivity index (χ3v) is 5.73. The molecule has 0 radical (unpaired) electrons. The maximum Gasteiger partial charge on any atom is 0.182 e. The molecule has 0 amide bonds. The van der Waals surface area contributed by atoms with E-state index in [1.807, 2.05) is 0 Å². The molecule has 0 fully saturated rings. The Hall–Kier alpha value is -3.69. The predicted molar refractivity (Wildman–Crippen MR) is 109 cm³/mol. The topological polar surface area (TPSA) is 158 Å². The summed E-state index contributed by atoms with van der Waals surface area (Å²) in [4.78, 5) is 25.8.